The molecular weight excluding hydrogens is 267 g/mol. The molecule has 1 N–H and O–H groups in total. The van der Waals surface area contributed by atoms with Crippen molar-refractivity contribution in [3.8, 4) is 0 Å². The monoisotopic (exact) mass is 278 g/mol. The van der Waals surface area contributed by atoms with Crippen molar-refractivity contribution in [3.63, 3.8) is 0 Å². The Morgan fingerprint density at radius 1 is 1.35 bits per heavy atom. The van der Waals surface area contributed by atoms with Crippen LogP contribution in [-0.4, -0.2) is 23.6 Å². The Bertz CT molecular complexity index is 622. The summed E-state index contributed by atoms with van der Waals surface area (Å²) < 4.78 is 22.1. The number of hydrogen-bond donors (Lipinski definition) is 1. The highest BCUT2D eigenvalue weighted by atomic mass is 19.1. The minimum atomic E-state index is -0.778. The van der Waals surface area contributed by atoms with Gasteiger partial charge in [0.05, 0.1) is 5.69 Å². The SMILES string of the molecule is Cc1cc(C(=O)OCC(=O)Nc2ccc(F)cc2)on1. The molecule has 0 aliphatic carbocycles. The summed E-state index contributed by atoms with van der Waals surface area (Å²) in [5, 5.41) is 5.98. The number of nitrogens with one attached hydrogen (secondary N) is 1. The highest BCUT2D eigenvalue weighted by Crippen LogP contribution is 2.08. The molecule has 2 rings (SSSR count). The van der Waals surface area contributed by atoms with E-state index in [1.807, 2.05) is 0 Å². The van der Waals surface area contributed by atoms with Crippen LogP contribution in [0.5, 0.6) is 0 Å². The third-order valence-corrected chi connectivity index (χ3v) is 2.29. The largest absolute Gasteiger partial charge is 0.450 e. The Kier molecular flexibility index (Phi) is 4.09. The van der Waals surface area contributed by atoms with Gasteiger partial charge in [0.1, 0.15) is 5.82 Å². The van der Waals surface area contributed by atoms with Crippen LogP contribution in [0.15, 0.2) is 34.9 Å². The Morgan fingerprint density at radius 3 is 2.65 bits per heavy atom. The zero-order valence-electron chi connectivity index (χ0n) is 10.6. The van der Waals surface area contributed by atoms with Crippen LogP contribution in [0.3, 0.4) is 0 Å². The lowest BCUT2D eigenvalue weighted by molar-refractivity contribution is -0.119. The highest BCUT2D eigenvalue weighted by Gasteiger charge is 2.15. The van der Waals surface area contributed by atoms with Gasteiger partial charge in [-0.05, 0) is 31.2 Å². The lowest BCUT2D eigenvalue weighted by Gasteiger charge is -2.05. The number of carbonyl (C=O) groups excluding carboxylic acids is 2. The molecule has 0 aliphatic heterocycles. The first-order valence-corrected chi connectivity index (χ1v) is 5.70. The van der Waals surface area contributed by atoms with Crippen molar-refractivity contribution in [3.05, 3.63) is 47.6 Å². The van der Waals surface area contributed by atoms with Crippen molar-refractivity contribution < 1.29 is 23.2 Å². The number of anilines is 1. The Hall–Kier alpha value is -2.70. The normalized spacial score (nSPS) is 10.1. The first kappa shape index (κ1) is 13.7. The fraction of sp³-hybridized carbons (Fsp3) is 0.154. The molecule has 2 aromatic rings. The maximum atomic E-state index is 12.7. The third kappa shape index (κ3) is 3.64. The molecule has 6 nitrogen and oxygen atoms in total. The molecule has 0 aliphatic rings. The summed E-state index contributed by atoms with van der Waals surface area (Å²) in [7, 11) is 0. The highest BCUT2D eigenvalue weighted by molar-refractivity contribution is 5.94. The van der Waals surface area contributed by atoms with Crippen LogP contribution in [0.2, 0.25) is 0 Å². The summed E-state index contributed by atoms with van der Waals surface area (Å²) in [5.41, 5.74) is 0.940. The molecule has 0 saturated carbocycles. The molecule has 1 aromatic heterocycles. The number of esters is 1. The number of hydrogen-bond acceptors (Lipinski definition) is 5. The fourth-order valence-corrected chi connectivity index (χ4v) is 1.39. The topological polar surface area (TPSA) is 81.4 Å². The molecule has 104 valence electrons. The Morgan fingerprint density at radius 2 is 2.05 bits per heavy atom. The molecule has 0 bridgehead atoms. The second-order valence-electron chi connectivity index (χ2n) is 3.96. The molecule has 0 fully saturated rings. The minimum absolute atomic E-state index is 0.0721. The number of benzene rings is 1. The van der Waals surface area contributed by atoms with E-state index in [1.54, 1.807) is 6.92 Å². The summed E-state index contributed by atoms with van der Waals surface area (Å²) in [6.07, 6.45) is 0. The van der Waals surface area contributed by atoms with Gasteiger partial charge in [0.25, 0.3) is 5.91 Å². The molecule has 0 atom stereocenters. The Labute approximate surface area is 113 Å². The maximum absolute atomic E-state index is 12.7. The van der Waals surface area contributed by atoms with Crippen molar-refractivity contribution in [1.82, 2.24) is 5.16 Å². The van der Waals surface area contributed by atoms with E-state index in [0.717, 1.165) is 0 Å². The molecule has 7 heteroatoms. The van der Waals surface area contributed by atoms with Gasteiger partial charge in [-0.3, -0.25) is 4.79 Å². The van der Waals surface area contributed by atoms with Crippen molar-refractivity contribution >= 4 is 17.6 Å². The van der Waals surface area contributed by atoms with Gasteiger partial charge in [0.15, 0.2) is 6.61 Å². The van der Waals surface area contributed by atoms with Crippen LogP contribution in [0.4, 0.5) is 10.1 Å². The van der Waals surface area contributed by atoms with Gasteiger partial charge < -0.3 is 14.6 Å². The van der Waals surface area contributed by atoms with Crippen molar-refractivity contribution in [2.24, 2.45) is 0 Å². The number of amides is 1. The maximum Gasteiger partial charge on any atom is 0.377 e. The Balaban J connectivity index is 1.83. The number of halogens is 1. The predicted octanol–water partition coefficient (Wildman–Crippen LogP) is 1.92. The van der Waals surface area contributed by atoms with Gasteiger partial charge in [-0.2, -0.15) is 0 Å². The average Bonchev–Trinajstić information content (AvgIpc) is 2.85. The zero-order chi connectivity index (χ0) is 14.5. The van der Waals surface area contributed by atoms with Crippen LogP contribution in [0.1, 0.15) is 16.2 Å². The van der Waals surface area contributed by atoms with E-state index >= 15 is 0 Å². The smallest absolute Gasteiger partial charge is 0.377 e. The van der Waals surface area contributed by atoms with Crippen molar-refractivity contribution in [1.29, 1.82) is 0 Å². The molecule has 0 radical (unpaired) electrons. The molecule has 0 saturated heterocycles. The second-order valence-corrected chi connectivity index (χ2v) is 3.96. The predicted molar refractivity (Wildman–Crippen MR) is 66.6 cm³/mol. The third-order valence-electron chi connectivity index (χ3n) is 2.29. The summed E-state index contributed by atoms with van der Waals surface area (Å²) >= 11 is 0. The average molecular weight is 278 g/mol. The molecule has 0 unspecified atom stereocenters. The van der Waals surface area contributed by atoms with Crippen LogP contribution in [-0.2, 0) is 9.53 Å². The molecule has 1 amide bonds. The van der Waals surface area contributed by atoms with E-state index in [9.17, 15) is 14.0 Å². The molecular formula is C13H11FN2O4. The van der Waals surface area contributed by atoms with Gasteiger partial charge in [0.2, 0.25) is 5.76 Å². The number of ether oxygens (including phenoxy) is 1. The van der Waals surface area contributed by atoms with E-state index in [2.05, 4.69) is 10.5 Å². The lowest BCUT2D eigenvalue weighted by Crippen LogP contribution is -2.20. The van der Waals surface area contributed by atoms with E-state index < -0.39 is 24.3 Å². The molecule has 0 spiro atoms. The first-order chi connectivity index (χ1) is 9.54. The van der Waals surface area contributed by atoms with E-state index in [1.165, 1.54) is 30.3 Å². The fourth-order valence-electron chi connectivity index (χ4n) is 1.39. The van der Waals surface area contributed by atoms with Gasteiger partial charge in [-0.1, -0.05) is 5.16 Å². The number of nitrogens with zero attached hydrogens (tertiary/aromatic N) is 1. The summed E-state index contributed by atoms with van der Waals surface area (Å²) in [5.74, 6) is -1.80. The number of rotatable bonds is 4. The van der Waals surface area contributed by atoms with Crippen molar-refractivity contribution in [2.75, 3.05) is 11.9 Å². The van der Waals surface area contributed by atoms with Crippen LogP contribution < -0.4 is 5.32 Å². The van der Waals surface area contributed by atoms with Gasteiger partial charge >= 0.3 is 5.97 Å². The quantitative estimate of drug-likeness (QED) is 0.864. The van der Waals surface area contributed by atoms with Crippen LogP contribution in [0.25, 0.3) is 0 Å². The molecule has 1 aromatic carbocycles. The molecule has 20 heavy (non-hydrogen) atoms. The standard InChI is InChI=1S/C13H11FN2O4/c1-8-6-11(20-16-8)13(18)19-7-12(17)15-10-4-2-9(14)3-5-10/h2-6H,7H2,1H3,(H,15,17). The van der Waals surface area contributed by atoms with Gasteiger partial charge in [-0.25, -0.2) is 9.18 Å². The summed E-state index contributed by atoms with van der Waals surface area (Å²) in [6, 6.07) is 6.61. The van der Waals surface area contributed by atoms with Gasteiger partial charge in [-0.15, -0.1) is 0 Å². The lowest BCUT2D eigenvalue weighted by atomic mass is 10.3. The second kappa shape index (κ2) is 5.96. The molecule has 1 heterocycles. The summed E-state index contributed by atoms with van der Waals surface area (Å²) in [4.78, 5) is 23.0. The van der Waals surface area contributed by atoms with E-state index in [4.69, 9.17) is 9.26 Å². The zero-order valence-corrected chi connectivity index (χ0v) is 10.6. The first-order valence-electron chi connectivity index (χ1n) is 5.70. The summed E-state index contributed by atoms with van der Waals surface area (Å²) in [6.45, 7) is 1.18. The number of aryl methyl sites for hydroxylation is 1. The van der Waals surface area contributed by atoms with E-state index in [0.29, 0.717) is 11.4 Å². The number of carbonyl (C=O) groups is 2. The van der Waals surface area contributed by atoms with Gasteiger partial charge in [0, 0.05) is 11.8 Å². The van der Waals surface area contributed by atoms with E-state index in [-0.39, 0.29) is 5.76 Å². The van der Waals surface area contributed by atoms with Crippen molar-refractivity contribution in [2.45, 2.75) is 6.92 Å². The number of aromatic nitrogens is 1. The van der Waals surface area contributed by atoms with Crippen LogP contribution >= 0.6 is 0 Å². The van der Waals surface area contributed by atoms with Crippen LogP contribution in [0, 0.1) is 12.7 Å². The minimum Gasteiger partial charge on any atom is -0.450 e.